The van der Waals surface area contributed by atoms with Crippen LogP contribution in [-0.4, -0.2) is 41.1 Å². The summed E-state index contributed by atoms with van der Waals surface area (Å²) in [6, 6.07) is 5.23. The highest BCUT2D eigenvalue weighted by molar-refractivity contribution is 6.30. The molecule has 144 valence electrons. The van der Waals surface area contributed by atoms with Crippen molar-refractivity contribution in [2.24, 2.45) is 5.92 Å². The van der Waals surface area contributed by atoms with Crippen LogP contribution in [0.1, 0.15) is 49.0 Å². The third-order valence-corrected chi connectivity index (χ3v) is 5.26. The standard InChI is InChI=1S/C21H24ClNO4/c1-13-9-15(22)6-7-17(13)19(25)14-5-4-8-23(12-14)20(26)18-10-16(24)11-21(2,3)27-18/h6-7,9-10,14H,4-5,8,11-12H2,1-3H3/t14-/m1/s1. The monoisotopic (exact) mass is 389 g/mol. The van der Waals surface area contributed by atoms with Gasteiger partial charge in [0.25, 0.3) is 5.91 Å². The van der Waals surface area contributed by atoms with Crippen molar-refractivity contribution in [3.63, 3.8) is 0 Å². The predicted molar refractivity (Wildman–Crippen MR) is 103 cm³/mol. The molecule has 1 saturated heterocycles. The van der Waals surface area contributed by atoms with Gasteiger partial charge >= 0.3 is 0 Å². The van der Waals surface area contributed by atoms with Gasteiger partial charge in [-0.3, -0.25) is 14.4 Å². The van der Waals surface area contributed by atoms with Crippen LogP contribution in [0.3, 0.4) is 0 Å². The van der Waals surface area contributed by atoms with Gasteiger partial charge in [-0.1, -0.05) is 11.6 Å². The largest absolute Gasteiger partial charge is 0.481 e. The molecule has 0 unspecified atom stereocenters. The van der Waals surface area contributed by atoms with Crippen molar-refractivity contribution >= 4 is 29.1 Å². The summed E-state index contributed by atoms with van der Waals surface area (Å²) in [5.74, 6) is -0.600. The molecule has 1 fully saturated rings. The van der Waals surface area contributed by atoms with Crippen LogP contribution in [0.5, 0.6) is 0 Å². The van der Waals surface area contributed by atoms with Crippen molar-refractivity contribution in [1.29, 1.82) is 0 Å². The predicted octanol–water partition coefficient (Wildman–Crippen LogP) is 3.72. The number of hydrogen-bond acceptors (Lipinski definition) is 4. The maximum atomic E-state index is 13.0. The first-order valence-corrected chi connectivity index (χ1v) is 9.57. The Bertz CT molecular complexity index is 827. The summed E-state index contributed by atoms with van der Waals surface area (Å²) in [5, 5.41) is 0.596. The first kappa shape index (κ1) is 19.6. The number of carbonyl (C=O) groups is 3. The number of piperidine rings is 1. The molecule has 3 rings (SSSR count). The van der Waals surface area contributed by atoms with Gasteiger partial charge in [-0.15, -0.1) is 0 Å². The van der Waals surface area contributed by atoms with E-state index in [1.165, 1.54) is 6.08 Å². The van der Waals surface area contributed by atoms with E-state index in [0.717, 1.165) is 18.4 Å². The summed E-state index contributed by atoms with van der Waals surface area (Å²) in [7, 11) is 0. The van der Waals surface area contributed by atoms with Crippen LogP contribution in [0.25, 0.3) is 0 Å². The van der Waals surface area contributed by atoms with Crippen molar-refractivity contribution in [2.45, 2.75) is 45.6 Å². The van der Waals surface area contributed by atoms with Crippen LogP contribution < -0.4 is 0 Å². The van der Waals surface area contributed by atoms with Gasteiger partial charge in [-0.2, -0.15) is 0 Å². The maximum absolute atomic E-state index is 13.0. The number of nitrogens with zero attached hydrogens (tertiary/aromatic N) is 1. The lowest BCUT2D eigenvalue weighted by molar-refractivity contribution is -0.139. The van der Waals surface area contributed by atoms with E-state index in [4.69, 9.17) is 16.3 Å². The van der Waals surface area contributed by atoms with Crippen LogP contribution in [0.2, 0.25) is 5.02 Å². The summed E-state index contributed by atoms with van der Waals surface area (Å²) >= 11 is 5.98. The van der Waals surface area contributed by atoms with Crippen LogP contribution in [0.4, 0.5) is 0 Å². The molecule has 2 aliphatic heterocycles. The number of rotatable bonds is 3. The molecule has 0 saturated carbocycles. The van der Waals surface area contributed by atoms with Gasteiger partial charge in [0.2, 0.25) is 0 Å². The van der Waals surface area contributed by atoms with E-state index in [0.29, 0.717) is 23.7 Å². The lowest BCUT2D eigenvalue weighted by atomic mass is 9.88. The molecule has 6 heteroatoms. The molecule has 2 aliphatic rings. The number of amides is 1. The second-order valence-electron chi connectivity index (χ2n) is 7.93. The number of likely N-dealkylation sites (tertiary alicyclic amines) is 1. The number of ketones is 2. The molecule has 1 aromatic carbocycles. The van der Waals surface area contributed by atoms with E-state index in [1.54, 1.807) is 36.9 Å². The highest BCUT2D eigenvalue weighted by Gasteiger charge is 2.36. The molecule has 27 heavy (non-hydrogen) atoms. The van der Waals surface area contributed by atoms with E-state index in [2.05, 4.69) is 0 Å². The Balaban J connectivity index is 1.75. The Labute approximate surface area is 164 Å². The number of halogens is 1. The lowest BCUT2D eigenvalue weighted by Gasteiger charge is -2.35. The number of benzene rings is 1. The van der Waals surface area contributed by atoms with Crippen LogP contribution >= 0.6 is 11.6 Å². The van der Waals surface area contributed by atoms with Crippen LogP contribution in [0, 0.1) is 12.8 Å². The molecule has 5 nitrogen and oxygen atoms in total. The molecular weight excluding hydrogens is 366 g/mol. The third-order valence-electron chi connectivity index (χ3n) is 5.02. The molecule has 0 radical (unpaired) electrons. The van der Waals surface area contributed by atoms with E-state index in [9.17, 15) is 14.4 Å². The summed E-state index contributed by atoms with van der Waals surface area (Å²) < 4.78 is 5.72. The summed E-state index contributed by atoms with van der Waals surface area (Å²) in [4.78, 5) is 39.3. The molecule has 0 bridgehead atoms. The Hall–Kier alpha value is -2.14. The zero-order valence-electron chi connectivity index (χ0n) is 15.9. The highest BCUT2D eigenvalue weighted by Crippen LogP contribution is 2.28. The Kier molecular flexibility index (Phi) is 5.43. The topological polar surface area (TPSA) is 63.7 Å². The number of hydrogen-bond donors (Lipinski definition) is 0. The summed E-state index contributed by atoms with van der Waals surface area (Å²) in [6.07, 6.45) is 3.00. The average molecular weight is 390 g/mol. The minimum Gasteiger partial charge on any atom is -0.481 e. The number of Topliss-reactive ketones (excluding diaryl/α,β-unsaturated/α-hetero) is 1. The van der Waals surface area contributed by atoms with Gasteiger partial charge in [0.05, 0.1) is 0 Å². The average Bonchev–Trinajstić information content (AvgIpc) is 2.59. The second kappa shape index (κ2) is 7.47. The molecule has 0 spiro atoms. The smallest absolute Gasteiger partial charge is 0.289 e. The number of ether oxygens (including phenoxy) is 1. The van der Waals surface area contributed by atoms with E-state index >= 15 is 0 Å². The van der Waals surface area contributed by atoms with Crippen molar-refractivity contribution < 1.29 is 19.1 Å². The zero-order valence-corrected chi connectivity index (χ0v) is 16.6. The molecule has 0 aliphatic carbocycles. The van der Waals surface area contributed by atoms with Gasteiger partial charge in [0.15, 0.2) is 17.3 Å². The fourth-order valence-corrected chi connectivity index (χ4v) is 3.97. The second-order valence-corrected chi connectivity index (χ2v) is 8.36. The van der Waals surface area contributed by atoms with Crippen molar-refractivity contribution in [3.8, 4) is 0 Å². The first-order chi connectivity index (χ1) is 12.7. The fraction of sp³-hybridized carbons (Fsp3) is 0.476. The normalized spacial score (nSPS) is 22.1. The summed E-state index contributed by atoms with van der Waals surface area (Å²) in [5.41, 5.74) is 0.784. The minimum absolute atomic E-state index is 0.0246. The number of aryl methyl sites for hydroxylation is 1. The molecule has 0 N–H and O–H groups in total. The summed E-state index contributed by atoms with van der Waals surface area (Å²) in [6.45, 7) is 6.32. The molecular formula is C21H24ClNO4. The molecule has 1 atom stereocenters. The first-order valence-electron chi connectivity index (χ1n) is 9.19. The molecule has 0 aromatic heterocycles. The maximum Gasteiger partial charge on any atom is 0.289 e. The molecule has 1 amide bonds. The lowest BCUT2D eigenvalue weighted by Crippen LogP contribution is -2.45. The van der Waals surface area contributed by atoms with Gasteiger partial charge in [0, 0.05) is 42.1 Å². The number of allylic oxidation sites excluding steroid dienone is 1. The van der Waals surface area contributed by atoms with Crippen molar-refractivity contribution in [1.82, 2.24) is 4.90 Å². The van der Waals surface area contributed by atoms with Crippen molar-refractivity contribution in [3.05, 3.63) is 46.2 Å². The van der Waals surface area contributed by atoms with E-state index in [-0.39, 0.29) is 35.6 Å². The Morgan fingerprint density at radius 1 is 1.30 bits per heavy atom. The molecule has 2 heterocycles. The van der Waals surface area contributed by atoms with Gasteiger partial charge in [-0.25, -0.2) is 0 Å². The quantitative estimate of drug-likeness (QED) is 0.739. The molecule has 1 aromatic rings. The van der Waals surface area contributed by atoms with E-state index < -0.39 is 5.60 Å². The van der Waals surface area contributed by atoms with Gasteiger partial charge in [0.1, 0.15) is 5.60 Å². The van der Waals surface area contributed by atoms with Gasteiger partial charge in [-0.05, 0) is 57.4 Å². The highest BCUT2D eigenvalue weighted by atomic mass is 35.5. The van der Waals surface area contributed by atoms with E-state index in [1.807, 2.05) is 6.92 Å². The Morgan fingerprint density at radius 3 is 2.70 bits per heavy atom. The Morgan fingerprint density at radius 2 is 2.04 bits per heavy atom. The fourth-order valence-electron chi connectivity index (χ4n) is 3.74. The SMILES string of the molecule is Cc1cc(Cl)ccc1C(=O)[C@@H]1CCCN(C(=O)C2=CC(=O)CC(C)(C)O2)C1. The van der Waals surface area contributed by atoms with Crippen LogP contribution in [-0.2, 0) is 14.3 Å². The van der Waals surface area contributed by atoms with Gasteiger partial charge < -0.3 is 9.64 Å². The zero-order chi connectivity index (χ0) is 19.8. The third kappa shape index (κ3) is 4.41. The minimum atomic E-state index is -0.692. The number of carbonyl (C=O) groups excluding carboxylic acids is 3. The van der Waals surface area contributed by atoms with Crippen LogP contribution in [0.15, 0.2) is 30.0 Å². The van der Waals surface area contributed by atoms with Crippen molar-refractivity contribution in [2.75, 3.05) is 13.1 Å².